The van der Waals surface area contributed by atoms with Crippen molar-refractivity contribution < 1.29 is 13.7 Å². The van der Waals surface area contributed by atoms with Crippen LogP contribution in [0.1, 0.15) is 35.4 Å². The second-order valence-corrected chi connectivity index (χ2v) is 7.68. The van der Waals surface area contributed by atoms with Crippen LogP contribution >= 0.6 is 0 Å². The molecule has 3 aromatic rings. The van der Waals surface area contributed by atoms with E-state index >= 15 is 0 Å². The Morgan fingerprint density at radius 3 is 2.85 bits per heavy atom. The molecule has 1 aliphatic heterocycles. The SMILES string of the molecule is C=C1NNC(=NCCCNC(=O)CCc2nc(-c3ccc(C)c(F)c3)no2)c2ccccc21. The summed E-state index contributed by atoms with van der Waals surface area (Å²) < 4.78 is 18.9. The maximum Gasteiger partial charge on any atom is 0.227 e. The lowest BCUT2D eigenvalue weighted by Gasteiger charge is -2.23. The first-order chi connectivity index (χ1) is 16.0. The van der Waals surface area contributed by atoms with Crippen molar-refractivity contribution in [1.29, 1.82) is 0 Å². The normalized spacial score (nSPS) is 13.9. The molecule has 0 atom stereocenters. The maximum atomic E-state index is 13.7. The van der Waals surface area contributed by atoms with Crippen LogP contribution in [-0.2, 0) is 11.2 Å². The Kier molecular flexibility index (Phi) is 6.77. The van der Waals surface area contributed by atoms with Gasteiger partial charge in [-0.05, 0) is 25.0 Å². The highest BCUT2D eigenvalue weighted by atomic mass is 19.1. The standard InChI is InChI=1S/C24H25FN6O2/c1-15-8-9-17(14-20(15)25)23-28-22(33-31-23)11-10-21(32)26-12-5-13-27-24-19-7-4-3-6-18(19)16(2)29-30-24/h3-4,6-9,14,29H,2,5,10-13H2,1H3,(H,26,32)(H,27,30). The fourth-order valence-corrected chi connectivity index (χ4v) is 3.36. The van der Waals surface area contributed by atoms with Gasteiger partial charge in [-0.2, -0.15) is 4.98 Å². The van der Waals surface area contributed by atoms with Gasteiger partial charge in [0.1, 0.15) is 11.7 Å². The van der Waals surface area contributed by atoms with E-state index in [0.717, 1.165) is 22.7 Å². The number of hydrazine groups is 1. The Bertz CT molecular complexity index is 1200. The van der Waals surface area contributed by atoms with Crippen molar-refractivity contribution in [3.05, 3.63) is 77.4 Å². The van der Waals surface area contributed by atoms with Crippen LogP contribution < -0.4 is 16.2 Å². The Hall–Kier alpha value is -4.01. The molecule has 9 heteroatoms. The molecular weight excluding hydrogens is 423 g/mol. The minimum absolute atomic E-state index is 0.108. The highest BCUT2D eigenvalue weighted by molar-refractivity contribution is 6.04. The lowest BCUT2D eigenvalue weighted by atomic mass is 10.0. The minimum atomic E-state index is -0.325. The van der Waals surface area contributed by atoms with E-state index in [-0.39, 0.29) is 18.1 Å². The maximum absolute atomic E-state index is 13.7. The largest absolute Gasteiger partial charge is 0.356 e. The molecule has 0 saturated carbocycles. The monoisotopic (exact) mass is 448 g/mol. The molecule has 0 aliphatic carbocycles. The number of carbonyl (C=O) groups excluding carboxylic acids is 1. The van der Waals surface area contributed by atoms with Gasteiger partial charge in [0.05, 0.1) is 5.70 Å². The molecule has 3 N–H and O–H groups in total. The number of nitrogens with one attached hydrogen (secondary N) is 3. The molecule has 170 valence electrons. The average molecular weight is 449 g/mol. The number of fused-ring (bicyclic) bond motifs is 1. The molecule has 0 spiro atoms. The molecular formula is C24H25FN6O2. The van der Waals surface area contributed by atoms with Crippen LogP contribution in [0.4, 0.5) is 4.39 Å². The van der Waals surface area contributed by atoms with Crippen LogP contribution in [0.25, 0.3) is 17.1 Å². The number of benzene rings is 2. The molecule has 33 heavy (non-hydrogen) atoms. The molecule has 1 aromatic heterocycles. The summed E-state index contributed by atoms with van der Waals surface area (Å²) in [7, 11) is 0. The van der Waals surface area contributed by atoms with Gasteiger partial charge in [0.15, 0.2) is 0 Å². The summed E-state index contributed by atoms with van der Waals surface area (Å²) in [6.07, 6.45) is 1.23. The van der Waals surface area contributed by atoms with E-state index in [1.165, 1.54) is 6.07 Å². The van der Waals surface area contributed by atoms with E-state index in [4.69, 9.17) is 4.52 Å². The molecule has 4 rings (SSSR count). The van der Waals surface area contributed by atoms with E-state index in [2.05, 4.69) is 37.9 Å². The van der Waals surface area contributed by atoms with Gasteiger partial charge < -0.3 is 9.84 Å². The van der Waals surface area contributed by atoms with Crippen molar-refractivity contribution in [2.24, 2.45) is 4.99 Å². The second kappa shape index (κ2) is 10.1. The van der Waals surface area contributed by atoms with Crippen molar-refractivity contribution in [1.82, 2.24) is 26.3 Å². The van der Waals surface area contributed by atoms with Gasteiger partial charge in [-0.3, -0.25) is 20.6 Å². The number of amidine groups is 1. The molecule has 0 saturated heterocycles. The Balaban J connectivity index is 1.20. The highest BCUT2D eigenvalue weighted by Gasteiger charge is 2.16. The number of carbonyl (C=O) groups is 1. The fourth-order valence-electron chi connectivity index (χ4n) is 3.36. The first-order valence-electron chi connectivity index (χ1n) is 10.7. The number of hydrogen-bond acceptors (Lipinski definition) is 6. The van der Waals surface area contributed by atoms with Crippen LogP contribution in [0.5, 0.6) is 0 Å². The van der Waals surface area contributed by atoms with E-state index < -0.39 is 0 Å². The number of halogens is 1. The van der Waals surface area contributed by atoms with Crippen LogP contribution in [0.3, 0.4) is 0 Å². The van der Waals surface area contributed by atoms with E-state index in [9.17, 15) is 9.18 Å². The Morgan fingerprint density at radius 1 is 1.21 bits per heavy atom. The third-order valence-corrected chi connectivity index (χ3v) is 5.23. The number of amides is 1. The molecule has 8 nitrogen and oxygen atoms in total. The van der Waals surface area contributed by atoms with Crippen LogP contribution in [-0.4, -0.2) is 35.0 Å². The van der Waals surface area contributed by atoms with Crippen molar-refractivity contribution in [3.63, 3.8) is 0 Å². The summed E-state index contributed by atoms with van der Waals surface area (Å²) in [6.45, 7) is 6.73. The smallest absolute Gasteiger partial charge is 0.227 e. The third-order valence-electron chi connectivity index (χ3n) is 5.23. The molecule has 0 radical (unpaired) electrons. The van der Waals surface area contributed by atoms with Crippen molar-refractivity contribution in [2.75, 3.05) is 13.1 Å². The highest BCUT2D eigenvalue weighted by Crippen LogP contribution is 2.20. The lowest BCUT2D eigenvalue weighted by molar-refractivity contribution is -0.121. The number of aryl methyl sites for hydroxylation is 2. The molecule has 0 fully saturated rings. The average Bonchev–Trinajstić information content (AvgIpc) is 3.30. The van der Waals surface area contributed by atoms with Crippen LogP contribution in [0.15, 0.2) is 58.6 Å². The lowest BCUT2D eigenvalue weighted by Crippen LogP contribution is -2.41. The summed E-state index contributed by atoms with van der Waals surface area (Å²) in [5.41, 5.74) is 9.96. The summed E-state index contributed by atoms with van der Waals surface area (Å²) in [6, 6.07) is 12.7. The van der Waals surface area contributed by atoms with Gasteiger partial charge in [-0.1, -0.05) is 48.1 Å². The van der Waals surface area contributed by atoms with E-state index in [1.54, 1.807) is 19.1 Å². The van der Waals surface area contributed by atoms with Crippen molar-refractivity contribution in [2.45, 2.75) is 26.2 Å². The molecule has 0 bridgehead atoms. The predicted octanol–water partition coefficient (Wildman–Crippen LogP) is 3.15. The zero-order valence-corrected chi connectivity index (χ0v) is 18.3. The molecule has 1 amide bonds. The van der Waals surface area contributed by atoms with Crippen molar-refractivity contribution in [3.8, 4) is 11.4 Å². The van der Waals surface area contributed by atoms with E-state index in [0.29, 0.717) is 48.8 Å². The van der Waals surface area contributed by atoms with Gasteiger partial charge in [-0.15, -0.1) is 0 Å². The summed E-state index contributed by atoms with van der Waals surface area (Å²) in [4.78, 5) is 21.0. The van der Waals surface area contributed by atoms with Crippen LogP contribution in [0.2, 0.25) is 0 Å². The second-order valence-electron chi connectivity index (χ2n) is 7.68. The first kappa shape index (κ1) is 22.2. The fraction of sp³-hybridized carbons (Fsp3) is 0.250. The zero-order chi connectivity index (χ0) is 23.2. The van der Waals surface area contributed by atoms with Gasteiger partial charge in [0.2, 0.25) is 17.6 Å². The Morgan fingerprint density at radius 2 is 2.03 bits per heavy atom. The summed E-state index contributed by atoms with van der Waals surface area (Å²) in [5.74, 6) is 0.962. The zero-order valence-electron chi connectivity index (χ0n) is 18.3. The Labute approximate surface area is 191 Å². The predicted molar refractivity (Wildman–Crippen MR) is 124 cm³/mol. The molecule has 2 heterocycles. The number of aliphatic imine (C=N–C) groups is 1. The number of aromatic nitrogens is 2. The summed E-state index contributed by atoms with van der Waals surface area (Å²) in [5, 5.41) is 6.74. The van der Waals surface area contributed by atoms with Gasteiger partial charge in [0.25, 0.3) is 0 Å². The van der Waals surface area contributed by atoms with Gasteiger partial charge >= 0.3 is 0 Å². The number of nitrogens with zero attached hydrogens (tertiary/aromatic N) is 3. The van der Waals surface area contributed by atoms with Crippen molar-refractivity contribution >= 4 is 17.4 Å². The number of hydrogen-bond donors (Lipinski definition) is 3. The minimum Gasteiger partial charge on any atom is -0.356 e. The molecule has 2 aromatic carbocycles. The van der Waals surface area contributed by atoms with Gasteiger partial charge in [0, 0.05) is 42.6 Å². The molecule has 0 unspecified atom stereocenters. The summed E-state index contributed by atoms with van der Waals surface area (Å²) >= 11 is 0. The first-order valence-corrected chi connectivity index (χ1v) is 10.7. The number of rotatable bonds is 8. The quantitative estimate of drug-likeness (QED) is 0.458. The van der Waals surface area contributed by atoms with E-state index in [1.807, 2.05) is 24.3 Å². The molecule has 1 aliphatic rings. The van der Waals surface area contributed by atoms with Gasteiger partial charge in [-0.25, -0.2) is 4.39 Å². The topological polar surface area (TPSA) is 104 Å². The third kappa shape index (κ3) is 5.43. The van der Waals surface area contributed by atoms with Crippen LogP contribution in [0, 0.1) is 12.7 Å².